The number of halogens is 1. The van der Waals surface area contributed by atoms with Gasteiger partial charge in [0.05, 0.1) is 10.2 Å². The second kappa shape index (κ2) is 7.65. The van der Waals surface area contributed by atoms with E-state index in [4.69, 9.17) is 0 Å². The Balaban J connectivity index is 2.55. The standard InChI is InChI=1S/C13H23BrN4O/c1-5-18(6-2)8-7-15-13(19)12-10(14)11(9(3)4)16-17-12/h9H,5-8H2,1-4H3,(H,15,19)(H,16,17). The van der Waals surface area contributed by atoms with Gasteiger partial charge in [-0.2, -0.15) is 5.10 Å². The van der Waals surface area contributed by atoms with E-state index >= 15 is 0 Å². The Bertz CT molecular complexity index is 413. The van der Waals surface area contributed by atoms with E-state index in [1.165, 1.54) is 0 Å². The predicted molar refractivity (Wildman–Crippen MR) is 80.5 cm³/mol. The van der Waals surface area contributed by atoms with E-state index in [2.05, 4.69) is 64.0 Å². The smallest absolute Gasteiger partial charge is 0.273 e. The molecule has 2 N–H and O–H groups in total. The van der Waals surface area contributed by atoms with Gasteiger partial charge < -0.3 is 10.2 Å². The summed E-state index contributed by atoms with van der Waals surface area (Å²) in [6.07, 6.45) is 0. The molecule has 1 amide bonds. The van der Waals surface area contributed by atoms with Gasteiger partial charge in [-0.05, 0) is 34.9 Å². The summed E-state index contributed by atoms with van der Waals surface area (Å²) in [5.41, 5.74) is 1.39. The summed E-state index contributed by atoms with van der Waals surface area (Å²) in [5, 5.41) is 9.88. The fourth-order valence-electron chi connectivity index (χ4n) is 1.83. The third-order valence-corrected chi connectivity index (χ3v) is 3.94. The van der Waals surface area contributed by atoms with Crippen LogP contribution in [0.25, 0.3) is 0 Å². The minimum atomic E-state index is -0.137. The minimum Gasteiger partial charge on any atom is -0.349 e. The molecule has 0 spiro atoms. The van der Waals surface area contributed by atoms with Crippen LogP contribution in [0.15, 0.2) is 4.47 Å². The first-order valence-electron chi connectivity index (χ1n) is 6.75. The Labute approximate surface area is 123 Å². The quantitative estimate of drug-likeness (QED) is 0.806. The first-order chi connectivity index (χ1) is 9.01. The van der Waals surface area contributed by atoms with E-state index < -0.39 is 0 Å². The summed E-state index contributed by atoms with van der Waals surface area (Å²) in [7, 11) is 0. The van der Waals surface area contributed by atoms with Crippen molar-refractivity contribution in [1.82, 2.24) is 20.4 Å². The summed E-state index contributed by atoms with van der Waals surface area (Å²) in [6, 6.07) is 0. The second-order valence-electron chi connectivity index (χ2n) is 4.74. The van der Waals surface area contributed by atoms with Crippen LogP contribution in [-0.2, 0) is 0 Å². The first kappa shape index (κ1) is 16.2. The Morgan fingerprint density at radius 2 is 2.05 bits per heavy atom. The van der Waals surface area contributed by atoms with Gasteiger partial charge in [-0.3, -0.25) is 9.89 Å². The van der Waals surface area contributed by atoms with Crippen LogP contribution in [0.1, 0.15) is 49.8 Å². The lowest BCUT2D eigenvalue weighted by molar-refractivity contribution is 0.0943. The lowest BCUT2D eigenvalue weighted by atomic mass is 10.1. The molecule has 0 aliphatic rings. The lowest BCUT2D eigenvalue weighted by Gasteiger charge is -2.17. The lowest BCUT2D eigenvalue weighted by Crippen LogP contribution is -2.35. The number of nitrogens with one attached hydrogen (secondary N) is 2. The number of aromatic amines is 1. The number of H-pyrrole nitrogens is 1. The predicted octanol–water partition coefficient (Wildman–Crippen LogP) is 2.37. The average Bonchev–Trinajstić information content (AvgIpc) is 2.76. The molecule has 0 bridgehead atoms. The molecule has 0 unspecified atom stereocenters. The number of nitrogens with zero attached hydrogens (tertiary/aromatic N) is 2. The van der Waals surface area contributed by atoms with Crippen LogP contribution < -0.4 is 5.32 Å². The summed E-state index contributed by atoms with van der Waals surface area (Å²) >= 11 is 3.44. The van der Waals surface area contributed by atoms with Crippen molar-refractivity contribution in [3.05, 3.63) is 15.9 Å². The number of rotatable bonds is 7. The highest BCUT2D eigenvalue weighted by atomic mass is 79.9. The zero-order valence-electron chi connectivity index (χ0n) is 12.1. The van der Waals surface area contributed by atoms with Gasteiger partial charge in [-0.25, -0.2) is 0 Å². The number of amides is 1. The molecule has 1 aromatic rings. The van der Waals surface area contributed by atoms with E-state index in [-0.39, 0.29) is 5.91 Å². The summed E-state index contributed by atoms with van der Waals surface area (Å²) in [4.78, 5) is 14.3. The van der Waals surface area contributed by atoms with Crippen molar-refractivity contribution in [3.8, 4) is 0 Å². The molecular weight excluding hydrogens is 308 g/mol. The molecule has 19 heavy (non-hydrogen) atoms. The Hall–Kier alpha value is -0.880. The van der Waals surface area contributed by atoms with Gasteiger partial charge in [0.2, 0.25) is 0 Å². The van der Waals surface area contributed by atoms with Crippen molar-refractivity contribution in [1.29, 1.82) is 0 Å². The highest BCUT2D eigenvalue weighted by molar-refractivity contribution is 9.10. The van der Waals surface area contributed by atoms with E-state index in [0.29, 0.717) is 18.2 Å². The van der Waals surface area contributed by atoms with Crippen molar-refractivity contribution < 1.29 is 4.79 Å². The molecule has 0 aliphatic carbocycles. The van der Waals surface area contributed by atoms with E-state index in [9.17, 15) is 4.79 Å². The highest BCUT2D eigenvalue weighted by Gasteiger charge is 2.18. The van der Waals surface area contributed by atoms with Crippen molar-refractivity contribution in [2.24, 2.45) is 0 Å². The first-order valence-corrected chi connectivity index (χ1v) is 7.54. The summed E-state index contributed by atoms with van der Waals surface area (Å²) in [6.45, 7) is 11.8. The third-order valence-electron chi connectivity index (χ3n) is 3.13. The second-order valence-corrected chi connectivity index (χ2v) is 5.53. The number of hydrogen-bond acceptors (Lipinski definition) is 3. The number of likely N-dealkylation sites (N-methyl/N-ethyl adjacent to an activating group) is 1. The fraction of sp³-hybridized carbons (Fsp3) is 0.692. The SMILES string of the molecule is CCN(CC)CCNC(=O)c1n[nH]c(C(C)C)c1Br. The molecule has 0 saturated carbocycles. The van der Waals surface area contributed by atoms with Gasteiger partial charge >= 0.3 is 0 Å². The van der Waals surface area contributed by atoms with E-state index in [0.717, 1.165) is 29.8 Å². The molecule has 0 aliphatic heterocycles. The summed E-state index contributed by atoms with van der Waals surface area (Å²) in [5.74, 6) is 0.168. The van der Waals surface area contributed by atoms with Crippen molar-refractivity contribution >= 4 is 21.8 Å². The van der Waals surface area contributed by atoms with Crippen LogP contribution in [0.3, 0.4) is 0 Å². The van der Waals surface area contributed by atoms with Crippen LogP contribution in [-0.4, -0.2) is 47.2 Å². The van der Waals surface area contributed by atoms with E-state index in [1.807, 2.05) is 0 Å². The van der Waals surface area contributed by atoms with Gasteiger partial charge in [-0.15, -0.1) is 0 Å². The Morgan fingerprint density at radius 1 is 1.42 bits per heavy atom. The number of carbonyl (C=O) groups excluding carboxylic acids is 1. The van der Waals surface area contributed by atoms with Gasteiger partial charge in [-0.1, -0.05) is 27.7 Å². The van der Waals surface area contributed by atoms with Crippen LogP contribution in [0.4, 0.5) is 0 Å². The molecule has 1 heterocycles. The van der Waals surface area contributed by atoms with Gasteiger partial charge in [0.1, 0.15) is 0 Å². The zero-order valence-corrected chi connectivity index (χ0v) is 13.7. The minimum absolute atomic E-state index is 0.137. The highest BCUT2D eigenvalue weighted by Crippen LogP contribution is 2.25. The molecule has 0 atom stereocenters. The molecular formula is C13H23BrN4O. The van der Waals surface area contributed by atoms with Gasteiger partial charge in [0.25, 0.3) is 5.91 Å². The molecule has 1 aromatic heterocycles. The molecule has 6 heteroatoms. The average molecular weight is 331 g/mol. The molecule has 0 fully saturated rings. The normalized spacial score (nSPS) is 11.3. The van der Waals surface area contributed by atoms with Crippen LogP contribution in [0, 0.1) is 0 Å². The van der Waals surface area contributed by atoms with E-state index in [1.54, 1.807) is 0 Å². The third kappa shape index (κ3) is 4.31. The topological polar surface area (TPSA) is 61.0 Å². The number of carbonyl (C=O) groups is 1. The maximum Gasteiger partial charge on any atom is 0.273 e. The molecule has 0 radical (unpaired) electrons. The van der Waals surface area contributed by atoms with Crippen molar-refractivity contribution in [2.45, 2.75) is 33.6 Å². The van der Waals surface area contributed by atoms with Crippen LogP contribution in [0.2, 0.25) is 0 Å². The fourth-order valence-corrected chi connectivity index (χ4v) is 2.64. The van der Waals surface area contributed by atoms with Gasteiger partial charge in [0, 0.05) is 13.1 Å². The molecule has 0 saturated heterocycles. The maximum atomic E-state index is 12.0. The number of aromatic nitrogens is 2. The molecule has 0 aromatic carbocycles. The molecule has 108 valence electrons. The molecule has 5 nitrogen and oxygen atoms in total. The maximum absolute atomic E-state index is 12.0. The van der Waals surface area contributed by atoms with Crippen LogP contribution in [0.5, 0.6) is 0 Å². The van der Waals surface area contributed by atoms with Crippen LogP contribution >= 0.6 is 15.9 Å². The van der Waals surface area contributed by atoms with Crippen molar-refractivity contribution in [3.63, 3.8) is 0 Å². The van der Waals surface area contributed by atoms with Gasteiger partial charge in [0.15, 0.2) is 5.69 Å². The Morgan fingerprint density at radius 3 is 2.53 bits per heavy atom. The Kier molecular flexibility index (Phi) is 6.51. The zero-order chi connectivity index (χ0) is 14.4. The number of hydrogen-bond donors (Lipinski definition) is 2. The summed E-state index contributed by atoms with van der Waals surface area (Å²) < 4.78 is 0.767. The molecule has 1 rings (SSSR count). The van der Waals surface area contributed by atoms with Crippen molar-refractivity contribution in [2.75, 3.05) is 26.2 Å². The monoisotopic (exact) mass is 330 g/mol. The largest absolute Gasteiger partial charge is 0.349 e.